The molecule has 0 aromatic carbocycles. The van der Waals surface area contributed by atoms with Crippen molar-refractivity contribution in [2.45, 2.75) is 17.3 Å². The second-order valence-electron chi connectivity index (χ2n) is 2.37. The highest BCUT2D eigenvalue weighted by Crippen LogP contribution is 2.22. The van der Waals surface area contributed by atoms with E-state index in [4.69, 9.17) is 4.42 Å². The van der Waals surface area contributed by atoms with Crippen LogP contribution in [0.4, 0.5) is 0 Å². The third kappa shape index (κ3) is 2.41. The molecule has 5 nitrogen and oxygen atoms in total. The molecule has 14 heavy (non-hydrogen) atoms. The molecule has 2 rings (SSSR count). The number of hydrogen-bond donors (Lipinski definition) is 0. The topological polar surface area (TPSA) is 64.7 Å². The highest BCUT2D eigenvalue weighted by atomic mass is 127. The van der Waals surface area contributed by atoms with Crippen molar-refractivity contribution in [3.8, 4) is 0 Å². The van der Waals surface area contributed by atoms with Gasteiger partial charge in [0.15, 0.2) is 5.16 Å². The normalized spacial score (nSPS) is 10.4. The molecule has 0 N–H and O–H groups in total. The van der Waals surface area contributed by atoms with Crippen LogP contribution in [-0.2, 0) is 0 Å². The maximum Gasteiger partial charge on any atom is 0.284 e. The van der Waals surface area contributed by atoms with Crippen molar-refractivity contribution in [1.82, 2.24) is 20.2 Å². The standard InChI is InChI=1S/C7H5IN4OS/c1-4-11-12-7(13-4)14-6-9-2-5(8)3-10-6/h2-3H,1H3. The Bertz CT molecular complexity index is 430. The minimum absolute atomic E-state index is 0.462. The molecule has 0 aliphatic heterocycles. The van der Waals surface area contributed by atoms with Crippen LogP contribution >= 0.6 is 34.4 Å². The Kier molecular flexibility index (Phi) is 2.96. The van der Waals surface area contributed by atoms with Crippen LogP contribution in [-0.4, -0.2) is 20.2 Å². The molecule has 0 saturated heterocycles. The molecule has 2 heterocycles. The fourth-order valence-electron chi connectivity index (χ4n) is 0.751. The van der Waals surface area contributed by atoms with Gasteiger partial charge in [-0.15, -0.1) is 10.2 Å². The Hall–Kier alpha value is -0.700. The highest BCUT2D eigenvalue weighted by molar-refractivity contribution is 14.1. The molecule has 0 bridgehead atoms. The number of rotatable bonds is 2. The molecule has 0 amide bonds. The highest BCUT2D eigenvalue weighted by Gasteiger charge is 2.06. The zero-order chi connectivity index (χ0) is 9.97. The Balaban J connectivity index is 2.15. The van der Waals surface area contributed by atoms with Crippen LogP contribution in [0.2, 0.25) is 0 Å². The van der Waals surface area contributed by atoms with Crippen LogP contribution in [0.3, 0.4) is 0 Å². The Labute approximate surface area is 97.9 Å². The lowest BCUT2D eigenvalue weighted by molar-refractivity contribution is 0.429. The first kappa shape index (κ1) is 9.84. The molecule has 0 unspecified atom stereocenters. The zero-order valence-electron chi connectivity index (χ0n) is 7.14. The van der Waals surface area contributed by atoms with Gasteiger partial charge in [-0.3, -0.25) is 0 Å². The first-order valence-corrected chi connectivity index (χ1v) is 5.59. The average Bonchev–Trinajstić information content (AvgIpc) is 2.56. The quantitative estimate of drug-likeness (QED) is 0.622. The molecular weight excluding hydrogens is 315 g/mol. The lowest BCUT2D eigenvalue weighted by Crippen LogP contribution is -1.86. The summed E-state index contributed by atoms with van der Waals surface area (Å²) >= 11 is 3.40. The number of nitrogens with zero attached hydrogens (tertiary/aromatic N) is 4. The van der Waals surface area contributed by atoms with E-state index in [0.29, 0.717) is 16.3 Å². The first-order valence-electron chi connectivity index (χ1n) is 3.69. The van der Waals surface area contributed by atoms with Gasteiger partial charge in [0.2, 0.25) is 5.89 Å². The maximum atomic E-state index is 5.18. The summed E-state index contributed by atoms with van der Waals surface area (Å²) in [6.07, 6.45) is 3.47. The van der Waals surface area contributed by atoms with Gasteiger partial charge in [-0.25, -0.2) is 9.97 Å². The Morgan fingerprint density at radius 2 is 2.00 bits per heavy atom. The Morgan fingerprint density at radius 1 is 1.29 bits per heavy atom. The van der Waals surface area contributed by atoms with Gasteiger partial charge in [-0.2, -0.15) is 0 Å². The summed E-state index contributed by atoms with van der Waals surface area (Å²) in [5, 5.41) is 8.60. The van der Waals surface area contributed by atoms with E-state index in [1.165, 1.54) is 11.8 Å². The van der Waals surface area contributed by atoms with Gasteiger partial charge in [-0.05, 0) is 22.6 Å². The molecule has 0 fully saturated rings. The van der Waals surface area contributed by atoms with Gasteiger partial charge < -0.3 is 4.42 Å². The maximum absolute atomic E-state index is 5.18. The van der Waals surface area contributed by atoms with E-state index in [1.807, 2.05) is 0 Å². The molecule has 7 heteroatoms. The smallest absolute Gasteiger partial charge is 0.284 e. The van der Waals surface area contributed by atoms with Gasteiger partial charge in [-0.1, -0.05) is 0 Å². The summed E-state index contributed by atoms with van der Waals surface area (Å²) in [4.78, 5) is 8.20. The number of halogens is 1. The van der Waals surface area contributed by atoms with Crippen LogP contribution in [0.15, 0.2) is 27.2 Å². The predicted molar refractivity (Wildman–Crippen MR) is 57.9 cm³/mol. The Morgan fingerprint density at radius 3 is 2.57 bits per heavy atom. The van der Waals surface area contributed by atoms with Crippen LogP contribution in [0.25, 0.3) is 0 Å². The lowest BCUT2D eigenvalue weighted by atomic mass is 10.7. The van der Waals surface area contributed by atoms with Gasteiger partial charge in [0, 0.05) is 34.6 Å². The fourth-order valence-corrected chi connectivity index (χ4v) is 1.64. The van der Waals surface area contributed by atoms with E-state index < -0.39 is 0 Å². The van der Waals surface area contributed by atoms with Crippen LogP contribution < -0.4 is 0 Å². The van der Waals surface area contributed by atoms with E-state index in [1.54, 1.807) is 19.3 Å². The second kappa shape index (κ2) is 4.22. The minimum atomic E-state index is 0.462. The summed E-state index contributed by atoms with van der Waals surface area (Å²) in [5.41, 5.74) is 0. The fraction of sp³-hybridized carbons (Fsp3) is 0.143. The lowest BCUT2D eigenvalue weighted by Gasteiger charge is -1.93. The number of hydrogen-bond acceptors (Lipinski definition) is 6. The van der Waals surface area contributed by atoms with Crippen molar-refractivity contribution in [1.29, 1.82) is 0 Å². The van der Waals surface area contributed by atoms with Crippen LogP contribution in [0, 0.1) is 10.5 Å². The summed E-state index contributed by atoms with van der Waals surface area (Å²) in [6, 6.07) is 0. The summed E-state index contributed by atoms with van der Waals surface area (Å²) in [7, 11) is 0. The SMILES string of the molecule is Cc1nnc(Sc2ncc(I)cn2)o1. The van der Waals surface area contributed by atoms with Crippen molar-refractivity contribution < 1.29 is 4.42 Å². The molecule has 2 aromatic rings. The summed E-state index contributed by atoms with van der Waals surface area (Å²) < 4.78 is 6.17. The largest absolute Gasteiger partial charge is 0.416 e. The molecule has 0 aliphatic rings. The molecule has 0 saturated carbocycles. The van der Waals surface area contributed by atoms with Crippen molar-refractivity contribution in [2.75, 3.05) is 0 Å². The van der Waals surface area contributed by atoms with Crippen molar-refractivity contribution >= 4 is 34.4 Å². The molecule has 0 radical (unpaired) electrons. The minimum Gasteiger partial charge on any atom is -0.416 e. The van der Waals surface area contributed by atoms with Crippen molar-refractivity contribution in [3.05, 3.63) is 21.9 Å². The molecule has 0 atom stereocenters. The van der Waals surface area contributed by atoms with E-state index in [2.05, 4.69) is 42.8 Å². The number of aryl methyl sites for hydroxylation is 1. The van der Waals surface area contributed by atoms with Gasteiger partial charge in [0.25, 0.3) is 5.22 Å². The van der Waals surface area contributed by atoms with Gasteiger partial charge >= 0.3 is 0 Å². The third-order valence-corrected chi connectivity index (χ3v) is 2.57. The predicted octanol–water partition coefficient (Wildman–Crippen LogP) is 1.92. The molecule has 2 aromatic heterocycles. The zero-order valence-corrected chi connectivity index (χ0v) is 10.1. The molecule has 0 spiro atoms. The van der Waals surface area contributed by atoms with Gasteiger partial charge in [0.05, 0.1) is 0 Å². The van der Waals surface area contributed by atoms with Crippen molar-refractivity contribution in [2.24, 2.45) is 0 Å². The van der Waals surface area contributed by atoms with Crippen LogP contribution in [0.5, 0.6) is 0 Å². The van der Waals surface area contributed by atoms with Crippen molar-refractivity contribution in [3.63, 3.8) is 0 Å². The number of aromatic nitrogens is 4. The van der Waals surface area contributed by atoms with Crippen LogP contribution in [0.1, 0.15) is 5.89 Å². The van der Waals surface area contributed by atoms with Gasteiger partial charge in [0.1, 0.15) is 0 Å². The monoisotopic (exact) mass is 320 g/mol. The molecular formula is C7H5IN4OS. The van der Waals surface area contributed by atoms with E-state index in [0.717, 1.165) is 3.57 Å². The summed E-state index contributed by atoms with van der Waals surface area (Å²) in [5.74, 6) is 0.540. The molecule has 0 aliphatic carbocycles. The van der Waals surface area contributed by atoms with E-state index in [-0.39, 0.29) is 0 Å². The van der Waals surface area contributed by atoms with E-state index in [9.17, 15) is 0 Å². The summed E-state index contributed by atoms with van der Waals surface area (Å²) in [6.45, 7) is 1.74. The van der Waals surface area contributed by atoms with E-state index >= 15 is 0 Å². The second-order valence-corrected chi connectivity index (χ2v) is 4.54. The first-order chi connectivity index (χ1) is 6.74. The third-order valence-electron chi connectivity index (χ3n) is 1.28. The molecule has 72 valence electrons. The average molecular weight is 320 g/mol.